The molecule has 8 heteroatoms. The van der Waals surface area contributed by atoms with Crippen LogP contribution in [0.3, 0.4) is 0 Å². The van der Waals surface area contributed by atoms with Crippen LogP contribution in [0, 0.1) is 0 Å². The molecule has 0 amide bonds. The Morgan fingerprint density at radius 3 is 2.62 bits per heavy atom. The minimum Gasteiger partial charge on any atom is -0.421 e. The lowest BCUT2D eigenvalue weighted by Gasteiger charge is -2.07. The van der Waals surface area contributed by atoms with Crippen LogP contribution < -0.4 is 10.5 Å². The Kier molecular flexibility index (Phi) is 2.84. The van der Waals surface area contributed by atoms with Crippen LogP contribution in [0.2, 0.25) is 10.0 Å². The monoisotopic (exact) mass is 259 g/mol. The van der Waals surface area contributed by atoms with E-state index in [1.165, 1.54) is 16.8 Å². The number of rotatable bonds is 2. The van der Waals surface area contributed by atoms with Crippen molar-refractivity contribution in [3.05, 3.63) is 22.2 Å². The van der Waals surface area contributed by atoms with Gasteiger partial charge in [0.25, 0.3) is 0 Å². The molecule has 0 unspecified atom stereocenters. The number of nitrogen functional groups attached to an aromatic ring is 1. The van der Waals surface area contributed by atoms with Crippen LogP contribution >= 0.6 is 23.2 Å². The molecule has 2 rings (SSSR count). The number of hydrogen-bond donors (Lipinski definition) is 1. The van der Waals surface area contributed by atoms with Gasteiger partial charge in [0.05, 0.1) is 15.7 Å². The number of aromatic nitrogens is 4. The Morgan fingerprint density at radius 2 is 2.00 bits per heavy atom. The van der Waals surface area contributed by atoms with Crippen molar-refractivity contribution in [2.24, 2.45) is 7.05 Å². The van der Waals surface area contributed by atoms with Gasteiger partial charge in [-0.3, -0.25) is 0 Å². The lowest BCUT2D eigenvalue weighted by Crippen LogP contribution is -1.98. The van der Waals surface area contributed by atoms with E-state index in [1.807, 2.05) is 0 Å². The van der Waals surface area contributed by atoms with Crippen LogP contribution in [0.5, 0.6) is 11.8 Å². The molecular weight excluding hydrogens is 253 g/mol. The molecule has 1 aromatic carbocycles. The number of halogens is 2. The number of tetrazole rings is 1. The number of ether oxygens (including phenoxy) is 1. The number of benzene rings is 1. The van der Waals surface area contributed by atoms with Crippen molar-refractivity contribution >= 4 is 28.9 Å². The third kappa shape index (κ3) is 2.02. The van der Waals surface area contributed by atoms with Gasteiger partial charge < -0.3 is 10.5 Å². The lowest BCUT2D eigenvalue weighted by atomic mass is 10.3. The van der Waals surface area contributed by atoms with Gasteiger partial charge in [-0.15, -0.1) is 0 Å². The van der Waals surface area contributed by atoms with Crippen LogP contribution in [0.1, 0.15) is 0 Å². The summed E-state index contributed by atoms with van der Waals surface area (Å²) in [6.07, 6.45) is 0. The van der Waals surface area contributed by atoms with E-state index in [0.717, 1.165) is 0 Å². The van der Waals surface area contributed by atoms with Gasteiger partial charge in [-0.1, -0.05) is 28.3 Å². The number of hydrogen-bond acceptors (Lipinski definition) is 5. The van der Waals surface area contributed by atoms with E-state index in [1.54, 1.807) is 7.05 Å². The van der Waals surface area contributed by atoms with Crippen molar-refractivity contribution in [2.75, 3.05) is 5.73 Å². The van der Waals surface area contributed by atoms with Gasteiger partial charge in [0.2, 0.25) is 0 Å². The molecule has 0 radical (unpaired) electrons. The molecule has 0 aliphatic rings. The quantitative estimate of drug-likeness (QED) is 0.834. The summed E-state index contributed by atoms with van der Waals surface area (Å²) in [7, 11) is 1.64. The summed E-state index contributed by atoms with van der Waals surface area (Å²) in [5.41, 5.74) is 6.07. The molecule has 0 fully saturated rings. The zero-order valence-corrected chi connectivity index (χ0v) is 9.70. The second-order valence-corrected chi connectivity index (χ2v) is 3.81. The highest BCUT2D eigenvalue weighted by atomic mass is 35.5. The maximum absolute atomic E-state index is 5.84. The first-order valence-corrected chi connectivity index (χ1v) is 4.98. The molecule has 6 nitrogen and oxygen atoms in total. The van der Waals surface area contributed by atoms with Crippen LogP contribution in [0.25, 0.3) is 0 Å². The van der Waals surface area contributed by atoms with Crippen molar-refractivity contribution in [3.63, 3.8) is 0 Å². The van der Waals surface area contributed by atoms with Crippen molar-refractivity contribution in [1.82, 2.24) is 20.2 Å². The highest BCUT2D eigenvalue weighted by Gasteiger charge is 2.10. The summed E-state index contributed by atoms with van der Waals surface area (Å²) in [6.45, 7) is 0. The smallest absolute Gasteiger partial charge is 0.340 e. The predicted molar refractivity (Wildman–Crippen MR) is 59.7 cm³/mol. The van der Waals surface area contributed by atoms with Gasteiger partial charge in [-0.25, -0.2) is 0 Å². The second-order valence-electron chi connectivity index (χ2n) is 2.99. The Morgan fingerprint density at radius 1 is 1.31 bits per heavy atom. The maximum Gasteiger partial charge on any atom is 0.340 e. The first-order valence-electron chi connectivity index (χ1n) is 4.22. The fourth-order valence-electron chi connectivity index (χ4n) is 1.04. The van der Waals surface area contributed by atoms with Crippen molar-refractivity contribution < 1.29 is 4.74 Å². The van der Waals surface area contributed by atoms with Crippen molar-refractivity contribution in [2.45, 2.75) is 0 Å². The van der Waals surface area contributed by atoms with Crippen LogP contribution in [0.4, 0.5) is 5.69 Å². The minimum absolute atomic E-state index is 0.213. The molecule has 0 bridgehead atoms. The van der Waals surface area contributed by atoms with Crippen LogP contribution in [-0.4, -0.2) is 20.2 Å². The minimum atomic E-state index is 0.213. The molecule has 0 aliphatic carbocycles. The Hall–Kier alpha value is -1.53. The Bertz CT molecular complexity index is 527. The van der Waals surface area contributed by atoms with E-state index in [2.05, 4.69) is 15.5 Å². The first-order chi connectivity index (χ1) is 7.58. The Labute approximate surface area is 101 Å². The maximum atomic E-state index is 5.84. The molecule has 1 heterocycles. The van der Waals surface area contributed by atoms with E-state index in [9.17, 15) is 0 Å². The summed E-state index contributed by atoms with van der Waals surface area (Å²) < 4.78 is 6.74. The molecule has 84 valence electrons. The fraction of sp³-hybridized carbons (Fsp3) is 0.125. The van der Waals surface area contributed by atoms with Gasteiger partial charge in [0, 0.05) is 13.1 Å². The third-order valence-corrected chi connectivity index (χ3v) is 2.56. The van der Waals surface area contributed by atoms with Crippen LogP contribution in [-0.2, 0) is 7.05 Å². The fourth-order valence-corrected chi connectivity index (χ4v) is 1.36. The second kappa shape index (κ2) is 4.15. The molecule has 1 aromatic heterocycles. The summed E-state index contributed by atoms with van der Waals surface area (Å²) >= 11 is 11.6. The number of anilines is 1. The molecule has 2 N–H and O–H groups in total. The standard InChI is InChI=1S/C8H7Cl2N5O/c1-15-8(12-13-14-15)16-7-3-5(10)4(9)2-6(7)11/h2-3H,11H2,1H3. The first kappa shape index (κ1) is 11.0. The number of nitrogens with zero attached hydrogens (tertiary/aromatic N) is 4. The zero-order chi connectivity index (χ0) is 11.7. The largest absolute Gasteiger partial charge is 0.421 e. The highest BCUT2D eigenvalue weighted by molar-refractivity contribution is 6.42. The summed E-state index contributed by atoms with van der Waals surface area (Å²) in [5, 5.41) is 11.4. The molecule has 0 saturated carbocycles. The summed E-state index contributed by atoms with van der Waals surface area (Å²) in [5.74, 6) is 0.354. The van der Waals surface area contributed by atoms with E-state index >= 15 is 0 Å². The topological polar surface area (TPSA) is 78.8 Å². The molecule has 0 atom stereocenters. The predicted octanol–water partition coefficient (Wildman–Crippen LogP) is 1.89. The Balaban J connectivity index is 2.35. The van der Waals surface area contributed by atoms with E-state index < -0.39 is 0 Å². The third-order valence-electron chi connectivity index (χ3n) is 1.84. The van der Waals surface area contributed by atoms with Gasteiger partial charge in [0.1, 0.15) is 0 Å². The van der Waals surface area contributed by atoms with Gasteiger partial charge in [-0.2, -0.15) is 4.68 Å². The molecule has 2 aromatic rings. The number of nitrogens with two attached hydrogens (primary N) is 1. The van der Waals surface area contributed by atoms with Gasteiger partial charge >= 0.3 is 6.01 Å². The van der Waals surface area contributed by atoms with Gasteiger partial charge in [-0.05, 0) is 16.5 Å². The van der Waals surface area contributed by atoms with E-state index in [-0.39, 0.29) is 6.01 Å². The lowest BCUT2D eigenvalue weighted by molar-refractivity contribution is 0.416. The molecule has 0 aliphatic heterocycles. The van der Waals surface area contributed by atoms with Crippen molar-refractivity contribution in [3.8, 4) is 11.8 Å². The van der Waals surface area contributed by atoms with E-state index in [4.69, 9.17) is 33.7 Å². The summed E-state index contributed by atoms with van der Waals surface area (Å²) in [4.78, 5) is 0. The van der Waals surface area contributed by atoms with Crippen molar-refractivity contribution in [1.29, 1.82) is 0 Å². The SMILES string of the molecule is Cn1nnnc1Oc1cc(Cl)c(Cl)cc1N. The molecule has 0 spiro atoms. The average molecular weight is 260 g/mol. The highest BCUT2D eigenvalue weighted by Crippen LogP contribution is 2.34. The molecular formula is C8H7Cl2N5O. The normalized spacial score (nSPS) is 10.4. The van der Waals surface area contributed by atoms with Crippen LogP contribution in [0.15, 0.2) is 12.1 Å². The number of aryl methyl sites for hydroxylation is 1. The molecule has 16 heavy (non-hydrogen) atoms. The van der Waals surface area contributed by atoms with Gasteiger partial charge in [0.15, 0.2) is 5.75 Å². The zero-order valence-electron chi connectivity index (χ0n) is 8.19. The van der Waals surface area contributed by atoms with E-state index in [0.29, 0.717) is 21.5 Å². The molecule has 0 saturated heterocycles. The average Bonchev–Trinajstić information content (AvgIpc) is 2.61. The summed E-state index contributed by atoms with van der Waals surface area (Å²) in [6, 6.07) is 3.22.